The van der Waals surface area contributed by atoms with E-state index in [1.807, 2.05) is 93.0 Å². The van der Waals surface area contributed by atoms with E-state index in [1.54, 1.807) is 23.9 Å². The Bertz CT molecular complexity index is 2470. The topological polar surface area (TPSA) is 137 Å². The minimum Gasteiger partial charge on any atom is -0.376 e. The first kappa shape index (κ1) is 40.6. The summed E-state index contributed by atoms with van der Waals surface area (Å²) in [5.74, 6) is 0.466. The molecule has 0 radical (unpaired) electrons. The van der Waals surface area contributed by atoms with Crippen LogP contribution in [0.2, 0.25) is 0 Å². The average molecular weight is 821 g/mol. The van der Waals surface area contributed by atoms with E-state index in [1.165, 1.54) is 24.5 Å². The first-order valence-corrected chi connectivity index (χ1v) is 21.5. The van der Waals surface area contributed by atoms with Crippen molar-refractivity contribution in [3.05, 3.63) is 143 Å². The zero-order chi connectivity index (χ0) is 40.6. The van der Waals surface area contributed by atoms with Gasteiger partial charge in [-0.05, 0) is 98.3 Å². The molecule has 1 saturated heterocycles. The highest BCUT2D eigenvalue weighted by molar-refractivity contribution is 7.99. The predicted molar refractivity (Wildman–Crippen MR) is 231 cm³/mol. The monoisotopic (exact) mass is 820 g/mol. The molecular formula is C43H45FN8O4S2. The largest absolute Gasteiger partial charge is 0.376 e. The molecule has 1 aliphatic heterocycles. The fraction of sp³-hybridized carbons (Fsp3) is 0.256. The molecule has 1 aromatic heterocycles. The number of benzene rings is 5. The number of fused-ring (bicyclic) bond motifs is 1. The Labute approximate surface area is 342 Å². The molecule has 58 heavy (non-hydrogen) atoms. The third kappa shape index (κ3) is 10.1. The van der Waals surface area contributed by atoms with Gasteiger partial charge in [-0.25, -0.2) is 22.8 Å². The van der Waals surface area contributed by atoms with Gasteiger partial charge in [-0.3, -0.25) is 19.7 Å². The number of hydrogen-bond acceptors (Lipinski definition) is 11. The van der Waals surface area contributed by atoms with Gasteiger partial charge in [0.2, 0.25) is 0 Å². The molecular weight excluding hydrogens is 776 g/mol. The van der Waals surface area contributed by atoms with Gasteiger partial charge in [-0.2, -0.15) is 0 Å². The summed E-state index contributed by atoms with van der Waals surface area (Å²) < 4.78 is 44.3. The first-order valence-electron chi connectivity index (χ1n) is 19.0. The summed E-state index contributed by atoms with van der Waals surface area (Å²) in [6.45, 7) is 4.38. The fourth-order valence-electron chi connectivity index (χ4n) is 7.00. The van der Waals surface area contributed by atoms with E-state index in [0.717, 1.165) is 72.5 Å². The van der Waals surface area contributed by atoms with Gasteiger partial charge in [-0.1, -0.05) is 54.6 Å². The predicted octanol–water partition coefficient (Wildman–Crippen LogP) is 7.99. The van der Waals surface area contributed by atoms with E-state index in [-0.39, 0.29) is 33.9 Å². The van der Waals surface area contributed by atoms with Gasteiger partial charge in [0.15, 0.2) is 5.82 Å². The lowest BCUT2D eigenvalue weighted by Gasteiger charge is -2.36. The van der Waals surface area contributed by atoms with Crippen LogP contribution >= 0.6 is 11.8 Å². The summed E-state index contributed by atoms with van der Waals surface area (Å²) in [6, 6.07) is 34.2. The van der Waals surface area contributed by atoms with Gasteiger partial charge in [0.1, 0.15) is 17.8 Å². The molecule has 1 fully saturated rings. The molecule has 2 N–H and O–H groups in total. The highest BCUT2D eigenvalue weighted by Crippen LogP contribution is 2.33. The van der Waals surface area contributed by atoms with Gasteiger partial charge in [0, 0.05) is 66.6 Å². The van der Waals surface area contributed by atoms with Crippen LogP contribution in [0.5, 0.6) is 0 Å². The molecule has 0 bridgehead atoms. The van der Waals surface area contributed by atoms with Crippen molar-refractivity contribution < 1.29 is 17.7 Å². The second-order valence-electron chi connectivity index (χ2n) is 14.5. The number of nitrogens with zero attached hydrogens (tertiary/aromatic N) is 6. The second-order valence-corrected chi connectivity index (χ2v) is 17.2. The molecule has 0 spiro atoms. The van der Waals surface area contributed by atoms with E-state index < -0.39 is 14.9 Å². The van der Waals surface area contributed by atoms with Gasteiger partial charge >= 0.3 is 0 Å². The highest BCUT2D eigenvalue weighted by atomic mass is 32.2. The minimum absolute atomic E-state index is 0.0669. The molecule has 12 nitrogen and oxygen atoms in total. The SMILES string of the molecule is CN(C)CCC(CSc1ccccc1)Nc1ccc(S(=O)(=O)Nc2ncnc3cc(N4CCN(Cc5cc(F)ccc5-c5ccccc5)CC4)ccc23)cc1[N+](=O)[O-]. The Hall–Kier alpha value is -5.61. The van der Waals surface area contributed by atoms with Crippen molar-refractivity contribution in [3.63, 3.8) is 0 Å². The van der Waals surface area contributed by atoms with Crippen molar-refractivity contribution >= 4 is 55.6 Å². The molecule has 15 heteroatoms. The number of hydrogen-bond donors (Lipinski definition) is 2. The molecule has 1 atom stereocenters. The zero-order valence-electron chi connectivity index (χ0n) is 32.3. The third-order valence-corrected chi connectivity index (χ3v) is 12.6. The van der Waals surface area contributed by atoms with Crippen molar-refractivity contribution in [3.8, 4) is 11.1 Å². The van der Waals surface area contributed by atoms with Crippen molar-refractivity contribution in [2.45, 2.75) is 28.8 Å². The summed E-state index contributed by atoms with van der Waals surface area (Å²) in [5.41, 5.74) is 4.39. The smallest absolute Gasteiger partial charge is 0.293 e. The Morgan fingerprint density at radius 3 is 2.36 bits per heavy atom. The summed E-state index contributed by atoms with van der Waals surface area (Å²) in [6.07, 6.45) is 2.01. The van der Waals surface area contributed by atoms with Gasteiger partial charge in [0.05, 0.1) is 15.3 Å². The molecule has 1 unspecified atom stereocenters. The van der Waals surface area contributed by atoms with Gasteiger partial charge < -0.3 is 15.1 Å². The minimum atomic E-state index is -4.28. The van der Waals surface area contributed by atoms with Crippen LogP contribution in [0.25, 0.3) is 22.0 Å². The summed E-state index contributed by atoms with van der Waals surface area (Å²) in [5, 5.41) is 16.1. The van der Waals surface area contributed by atoms with Crippen molar-refractivity contribution in [1.29, 1.82) is 0 Å². The standard InChI is InChI=1S/C43H45FN8O4S2/c1-49(2)20-19-34(29-57-36-11-7-4-8-12-36)47-40-18-15-37(27-42(40)52(53)54)58(55,56)48-43-39-17-14-35(26-41(39)45-30-46-43)51-23-21-50(22-24-51)28-32-25-33(44)13-16-38(32)31-9-5-3-6-10-31/h3-18,25-27,30,34,47H,19-24,28-29H2,1-2H3,(H,45,46,48). The molecule has 0 amide bonds. The number of aromatic nitrogens is 2. The van der Waals surface area contributed by atoms with Crippen LogP contribution < -0.4 is 14.9 Å². The molecule has 300 valence electrons. The lowest BCUT2D eigenvalue weighted by atomic mass is 9.99. The van der Waals surface area contributed by atoms with Gasteiger partial charge in [-0.15, -0.1) is 11.8 Å². The van der Waals surface area contributed by atoms with Crippen LogP contribution in [0, 0.1) is 15.9 Å². The number of halogens is 1. The van der Waals surface area contributed by atoms with Crippen LogP contribution in [-0.2, 0) is 16.6 Å². The number of nitro groups is 1. The zero-order valence-corrected chi connectivity index (χ0v) is 33.9. The Balaban J connectivity index is 1.03. The molecule has 6 aromatic rings. The molecule has 1 aliphatic rings. The maximum Gasteiger partial charge on any atom is 0.293 e. The highest BCUT2D eigenvalue weighted by Gasteiger charge is 2.25. The fourth-order valence-corrected chi connectivity index (χ4v) is 9.05. The molecule has 0 aliphatic carbocycles. The van der Waals surface area contributed by atoms with E-state index in [9.17, 15) is 22.9 Å². The van der Waals surface area contributed by atoms with E-state index in [0.29, 0.717) is 23.2 Å². The number of nitro benzene ring substituents is 1. The third-order valence-electron chi connectivity index (χ3n) is 10.1. The van der Waals surface area contributed by atoms with Gasteiger partial charge in [0.25, 0.3) is 15.7 Å². The summed E-state index contributed by atoms with van der Waals surface area (Å²) in [7, 11) is -0.342. The van der Waals surface area contributed by atoms with Crippen LogP contribution in [-0.4, -0.2) is 91.7 Å². The van der Waals surface area contributed by atoms with E-state index >= 15 is 0 Å². The van der Waals surface area contributed by atoms with E-state index in [2.05, 4.69) is 34.7 Å². The molecule has 2 heterocycles. The van der Waals surface area contributed by atoms with Crippen molar-refractivity contribution in [2.75, 3.05) is 67.5 Å². The quantitative estimate of drug-likeness (QED) is 0.0559. The number of rotatable bonds is 16. The summed E-state index contributed by atoms with van der Waals surface area (Å²) in [4.78, 5) is 27.8. The lowest BCUT2D eigenvalue weighted by molar-refractivity contribution is -0.384. The Morgan fingerprint density at radius 1 is 0.897 bits per heavy atom. The number of thioether (sulfide) groups is 1. The maximum atomic E-state index is 14.3. The number of nitrogens with one attached hydrogen (secondary N) is 2. The van der Waals surface area contributed by atoms with Crippen molar-refractivity contribution in [1.82, 2.24) is 19.8 Å². The first-order chi connectivity index (χ1) is 28.0. The van der Waals surface area contributed by atoms with Crippen LogP contribution in [0.3, 0.4) is 0 Å². The van der Waals surface area contributed by atoms with E-state index in [4.69, 9.17) is 0 Å². The number of anilines is 3. The maximum absolute atomic E-state index is 14.3. The Kier molecular flexibility index (Phi) is 12.8. The normalized spacial score (nSPS) is 14.1. The molecule has 5 aromatic carbocycles. The number of sulfonamides is 1. The second kappa shape index (κ2) is 18.3. The van der Waals surface area contributed by atoms with Crippen LogP contribution in [0.15, 0.2) is 131 Å². The average Bonchev–Trinajstić information content (AvgIpc) is 3.22. The van der Waals surface area contributed by atoms with Crippen molar-refractivity contribution in [2.24, 2.45) is 0 Å². The lowest BCUT2D eigenvalue weighted by Crippen LogP contribution is -2.46. The molecule has 0 saturated carbocycles. The summed E-state index contributed by atoms with van der Waals surface area (Å²) >= 11 is 1.65. The van der Waals surface area contributed by atoms with Crippen LogP contribution in [0.4, 0.5) is 27.3 Å². The Morgan fingerprint density at radius 2 is 1.64 bits per heavy atom. The number of piperazine rings is 1. The molecule has 7 rings (SSSR count). The van der Waals surface area contributed by atoms with Crippen LogP contribution in [0.1, 0.15) is 12.0 Å².